The van der Waals surface area contributed by atoms with Gasteiger partial charge in [0, 0.05) is 6.54 Å². The molecular formula is C29H41N3O3S. The molecule has 36 heavy (non-hydrogen) atoms. The summed E-state index contributed by atoms with van der Waals surface area (Å²) in [5.41, 5.74) is 4.78. The SMILES string of the molecule is CCn1c(C(C)NS(=O)(=O)c2c(C(C)C)cc(C(C)C)cc2C(C)C)cnc1Oc1ccc(C)cc1. The number of imidazole rings is 1. The minimum absolute atomic E-state index is 0.0683. The molecule has 0 saturated carbocycles. The standard InChI is InChI=1S/C29H41N3O3S/c1-10-32-27(17-30-29(32)35-24-13-11-21(8)12-14-24)22(9)31-36(33,34)28-25(19(4)5)15-23(18(2)3)16-26(28)20(6)7/h11-20,22,31H,10H2,1-9H3. The molecule has 1 aromatic heterocycles. The Morgan fingerprint density at radius 1 is 0.917 bits per heavy atom. The third kappa shape index (κ3) is 6.01. The molecule has 2 aromatic carbocycles. The van der Waals surface area contributed by atoms with Crippen molar-refractivity contribution < 1.29 is 13.2 Å². The number of hydrogen-bond donors (Lipinski definition) is 1. The monoisotopic (exact) mass is 511 g/mol. The van der Waals surface area contributed by atoms with Crippen LogP contribution in [0.25, 0.3) is 0 Å². The van der Waals surface area contributed by atoms with Crippen molar-refractivity contribution in [2.75, 3.05) is 0 Å². The van der Waals surface area contributed by atoms with Crippen molar-refractivity contribution in [1.29, 1.82) is 0 Å². The van der Waals surface area contributed by atoms with Crippen molar-refractivity contribution in [3.8, 4) is 11.8 Å². The highest BCUT2D eigenvalue weighted by molar-refractivity contribution is 7.89. The molecule has 3 aromatic rings. The van der Waals surface area contributed by atoms with Crippen LogP contribution in [0.5, 0.6) is 11.8 Å². The van der Waals surface area contributed by atoms with Crippen molar-refractivity contribution in [2.45, 2.75) is 97.5 Å². The molecule has 1 unspecified atom stereocenters. The summed E-state index contributed by atoms with van der Waals surface area (Å²) in [6.07, 6.45) is 1.69. The number of sulfonamides is 1. The minimum atomic E-state index is -3.81. The smallest absolute Gasteiger partial charge is 0.302 e. The summed E-state index contributed by atoms with van der Waals surface area (Å²) < 4.78 is 38.7. The van der Waals surface area contributed by atoms with Crippen LogP contribution in [0.15, 0.2) is 47.5 Å². The molecule has 0 fully saturated rings. The predicted octanol–water partition coefficient (Wildman–Crippen LogP) is 7.41. The number of nitrogens with zero attached hydrogens (tertiary/aromatic N) is 2. The largest absolute Gasteiger partial charge is 0.426 e. The van der Waals surface area contributed by atoms with Gasteiger partial charge in [-0.2, -0.15) is 0 Å². The Morgan fingerprint density at radius 2 is 1.47 bits per heavy atom. The molecule has 1 atom stereocenters. The number of ether oxygens (including phenoxy) is 1. The summed E-state index contributed by atoms with van der Waals surface area (Å²) in [6, 6.07) is 11.8. The zero-order valence-corrected chi connectivity index (χ0v) is 23.9. The Kier molecular flexibility index (Phi) is 8.67. The van der Waals surface area contributed by atoms with Gasteiger partial charge >= 0.3 is 6.01 Å². The number of rotatable bonds is 10. The highest BCUT2D eigenvalue weighted by Crippen LogP contribution is 2.36. The van der Waals surface area contributed by atoms with Crippen molar-refractivity contribution in [3.63, 3.8) is 0 Å². The van der Waals surface area contributed by atoms with Crippen LogP contribution in [0.2, 0.25) is 0 Å². The second-order valence-electron chi connectivity index (χ2n) is 10.5. The van der Waals surface area contributed by atoms with E-state index >= 15 is 0 Å². The zero-order valence-electron chi connectivity index (χ0n) is 23.1. The van der Waals surface area contributed by atoms with Crippen molar-refractivity contribution >= 4 is 10.0 Å². The van der Waals surface area contributed by atoms with Crippen LogP contribution in [0.4, 0.5) is 0 Å². The first kappa shape index (κ1) is 27.9. The molecule has 0 radical (unpaired) electrons. The maximum absolute atomic E-state index is 13.9. The van der Waals surface area contributed by atoms with Gasteiger partial charge in [0.2, 0.25) is 10.0 Å². The Labute approximate surface area is 217 Å². The quantitative estimate of drug-likeness (QED) is 0.307. The molecule has 0 amide bonds. The predicted molar refractivity (Wildman–Crippen MR) is 147 cm³/mol. The van der Waals surface area contributed by atoms with Gasteiger partial charge < -0.3 is 4.74 Å². The van der Waals surface area contributed by atoms with E-state index in [-0.39, 0.29) is 11.8 Å². The molecule has 0 aliphatic carbocycles. The van der Waals surface area contributed by atoms with Crippen molar-refractivity contribution in [3.05, 3.63) is 70.5 Å². The molecule has 7 heteroatoms. The molecular weight excluding hydrogens is 470 g/mol. The first-order valence-electron chi connectivity index (χ1n) is 12.9. The van der Waals surface area contributed by atoms with Crippen LogP contribution < -0.4 is 9.46 Å². The Bertz CT molecular complexity index is 1260. The number of benzene rings is 2. The van der Waals surface area contributed by atoms with Gasteiger partial charge in [0.1, 0.15) is 5.75 Å². The van der Waals surface area contributed by atoms with E-state index in [4.69, 9.17) is 4.74 Å². The average molecular weight is 512 g/mol. The maximum Gasteiger partial charge on any atom is 0.302 e. The topological polar surface area (TPSA) is 73.2 Å². The van der Waals surface area contributed by atoms with Crippen LogP contribution in [0, 0.1) is 6.92 Å². The summed E-state index contributed by atoms with van der Waals surface area (Å²) in [7, 11) is -3.81. The second kappa shape index (κ2) is 11.2. The van der Waals surface area contributed by atoms with Gasteiger partial charge in [0.15, 0.2) is 0 Å². The van der Waals surface area contributed by atoms with Gasteiger partial charge in [-0.3, -0.25) is 4.57 Å². The fourth-order valence-corrected chi connectivity index (χ4v) is 6.29. The molecule has 1 N–H and O–H groups in total. The third-order valence-electron chi connectivity index (χ3n) is 6.52. The van der Waals surface area contributed by atoms with Gasteiger partial charge in [0.05, 0.1) is 22.8 Å². The van der Waals surface area contributed by atoms with Crippen molar-refractivity contribution in [1.82, 2.24) is 14.3 Å². The second-order valence-corrected chi connectivity index (χ2v) is 12.1. The summed E-state index contributed by atoms with van der Waals surface area (Å²) >= 11 is 0. The average Bonchev–Trinajstić information content (AvgIpc) is 3.21. The Balaban J connectivity index is 1.99. The van der Waals surface area contributed by atoms with Gasteiger partial charge in [-0.25, -0.2) is 18.1 Å². The lowest BCUT2D eigenvalue weighted by Gasteiger charge is -2.24. The molecule has 0 bridgehead atoms. The van der Waals surface area contributed by atoms with E-state index in [2.05, 4.69) is 35.7 Å². The number of hydrogen-bond acceptors (Lipinski definition) is 4. The Morgan fingerprint density at radius 3 is 1.94 bits per heavy atom. The summed E-state index contributed by atoms with van der Waals surface area (Å²) in [6.45, 7) is 18.9. The number of aromatic nitrogens is 2. The number of nitrogens with one attached hydrogen (secondary N) is 1. The van der Waals surface area contributed by atoms with Crippen LogP contribution in [-0.4, -0.2) is 18.0 Å². The summed E-state index contributed by atoms with van der Waals surface area (Å²) in [5.74, 6) is 1.14. The first-order valence-corrected chi connectivity index (χ1v) is 14.3. The lowest BCUT2D eigenvalue weighted by atomic mass is 9.89. The van der Waals surface area contributed by atoms with E-state index in [9.17, 15) is 8.42 Å². The van der Waals surface area contributed by atoms with E-state index in [0.717, 1.165) is 27.9 Å². The normalized spacial score (nSPS) is 13.1. The fraction of sp³-hybridized carbons (Fsp3) is 0.483. The summed E-state index contributed by atoms with van der Waals surface area (Å²) in [4.78, 5) is 4.86. The molecule has 6 nitrogen and oxygen atoms in total. The molecule has 3 rings (SSSR count). The fourth-order valence-electron chi connectivity index (χ4n) is 4.38. The van der Waals surface area contributed by atoms with E-state index in [0.29, 0.717) is 29.1 Å². The number of aryl methyl sites for hydroxylation is 1. The maximum atomic E-state index is 13.9. The van der Waals surface area contributed by atoms with E-state index in [1.807, 2.05) is 77.3 Å². The molecule has 0 aliphatic heterocycles. The van der Waals surface area contributed by atoms with Gasteiger partial charge in [-0.05, 0) is 67.3 Å². The van der Waals surface area contributed by atoms with E-state index in [1.165, 1.54) is 0 Å². The zero-order chi connectivity index (χ0) is 26.8. The van der Waals surface area contributed by atoms with Gasteiger partial charge in [0.25, 0.3) is 0 Å². The van der Waals surface area contributed by atoms with Crippen LogP contribution >= 0.6 is 0 Å². The third-order valence-corrected chi connectivity index (χ3v) is 8.19. The lowest BCUT2D eigenvalue weighted by Crippen LogP contribution is -2.30. The molecule has 196 valence electrons. The minimum Gasteiger partial charge on any atom is -0.426 e. The molecule has 0 saturated heterocycles. The van der Waals surface area contributed by atoms with Gasteiger partial charge in [-0.1, -0.05) is 71.4 Å². The highest BCUT2D eigenvalue weighted by atomic mass is 32.2. The molecule has 0 spiro atoms. The van der Waals surface area contributed by atoms with Crippen LogP contribution in [0.3, 0.4) is 0 Å². The van der Waals surface area contributed by atoms with E-state index in [1.54, 1.807) is 6.20 Å². The first-order chi connectivity index (χ1) is 16.9. The van der Waals surface area contributed by atoms with Gasteiger partial charge in [-0.15, -0.1) is 0 Å². The van der Waals surface area contributed by atoms with Crippen LogP contribution in [0.1, 0.15) is 107 Å². The van der Waals surface area contributed by atoms with Crippen molar-refractivity contribution in [2.24, 2.45) is 0 Å². The Hall–Kier alpha value is -2.64. The lowest BCUT2D eigenvalue weighted by molar-refractivity contribution is 0.408. The summed E-state index contributed by atoms with van der Waals surface area (Å²) in [5, 5.41) is 0. The highest BCUT2D eigenvalue weighted by Gasteiger charge is 2.29. The van der Waals surface area contributed by atoms with Crippen LogP contribution in [-0.2, 0) is 16.6 Å². The van der Waals surface area contributed by atoms with E-state index < -0.39 is 16.1 Å². The molecule has 1 heterocycles. The molecule has 0 aliphatic rings.